The molecular formula is C21H25O12PS. The van der Waals surface area contributed by atoms with Gasteiger partial charge in [-0.25, -0.2) is 17.8 Å². The molecule has 0 aliphatic rings. The van der Waals surface area contributed by atoms with Crippen molar-refractivity contribution in [2.45, 2.75) is 5.75 Å². The van der Waals surface area contributed by atoms with Crippen LogP contribution in [0.3, 0.4) is 0 Å². The molecule has 0 aliphatic heterocycles. The third-order valence-electron chi connectivity index (χ3n) is 4.37. The summed E-state index contributed by atoms with van der Waals surface area (Å²) in [5.41, 5.74) is 0.636. The fraction of sp³-hybridized carbons (Fsp3) is 0.286. The molecule has 0 aromatic heterocycles. The van der Waals surface area contributed by atoms with Crippen LogP contribution >= 0.6 is 7.82 Å². The number of benzene rings is 2. The van der Waals surface area contributed by atoms with Gasteiger partial charge in [-0.15, -0.1) is 0 Å². The molecule has 0 amide bonds. The van der Waals surface area contributed by atoms with Crippen LogP contribution in [0.5, 0.6) is 28.7 Å². The Kier molecular flexibility index (Phi) is 9.69. The molecule has 0 saturated carbocycles. The number of hydrogen-bond acceptors (Lipinski definition) is 10. The SMILES string of the molecule is COc1cc(OC)c(/C=C/S(=O)(=O)Cc2ccc(OC)c(OC(=O)COP(=O)(O)O)c2)c(OC)c1. The van der Waals surface area contributed by atoms with E-state index in [0.29, 0.717) is 22.8 Å². The van der Waals surface area contributed by atoms with E-state index in [9.17, 15) is 17.8 Å². The number of phosphoric ester groups is 1. The third kappa shape index (κ3) is 8.57. The molecule has 2 aromatic rings. The molecule has 0 bridgehead atoms. The highest BCUT2D eigenvalue weighted by Gasteiger charge is 2.20. The highest BCUT2D eigenvalue weighted by molar-refractivity contribution is 7.93. The summed E-state index contributed by atoms with van der Waals surface area (Å²) in [7, 11) is -3.08. The van der Waals surface area contributed by atoms with Crippen LogP contribution in [-0.2, 0) is 29.5 Å². The average Bonchev–Trinajstić information content (AvgIpc) is 2.80. The maximum atomic E-state index is 12.8. The summed E-state index contributed by atoms with van der Waals surface area (Å²) in [4.78, 5) is 29.2. The van der Waals surface area contributed by atoms with E-state index in [4.69, 9.17) is 33.5 Å². The number of rotatable bonds is 12. The van der Waals surface area contributed by atoms with Gasteiger partial charge in [-0.2, -0.15) is 0 Å². The van der Waals surface area contributed by atoms with Crippen molar-refractivity contribution in [3.05, 3.63) is 46.9 Å². The van der Waals surface area contributed by atoms with Crippen molar-refractivity contribution < 1.29 is 55.8 Å². The number of esters is 1. The fourth-order valence-electron chi connectivity index (χ4n) is 2.83. The van der Waals surface area contributed by atoms with Gasteiger partial charge in [-0.05, 0) is 23.8 Å². The number of carbonyl (C=O) groups excluding carboxylic acids is 1. The minimum Gasteiger partial charge on any atom is -0.496 e. The number of methoxy groups -OCH3 is 4. The summed E-state index contributed by atoms with van der Waals surface area (Å²) in [6, 6.07) is 7.26. The van der Waals surface area contributed by atoms with Gasteiger partial charge in [-0.3, -0.25) is 4.52 Å². The Bertz CT molecular complexity index is 1210. The largest absolute Gasteiger partial charge is 0.496 e. The van der Waals surface area contributed by atoms with E-state index < -0.39 is 36.0 Å². The molecule has 0 saturated heterocycles. The zero-order valence-electron chi connectivity index (χ0n) is 19.3. The Morgan fingerprint density at radius 2 is 1.51 bits per heavy atom. The van der Waals surface area contributed by atoms with Crippen molar-refractivity contribution in [1.29, 1.82) is 0 Å². The molecule has 0 heterocycles. The second-order valence-corrected chi connectivity index (χ2v) is 9.90. The van der Waals surface area contributed by atoms with E-state index in [1.54, 1.807) is 12.1 Å². The third-order valence-corrected chi connectivity index (χ3v) is 6.12. The lowest BCUT2D eigenvalue weighted by atomic mass is 10.1. The van der Waals surface area contributed by atoms with E-state index >= 15 is 0 Å². The Morgan fingerprint density at radius 1 is 0.914 bits per heavy atom. The first kappa shape index (κ1) is 28.1. The lowest BCUT2D eigenvalue weighted by Crippen LogP contribution is -2.15. The van der Waals surface area contributed by atoms with E-state index in [1.807, 2.05) is 0 Å². The molecule has 0 fully saturated rings. The van der Waals surface area contributed by atoms with Crippen LogP contribution < -0.4 is 23.7 Å². The first-order valence-electron chi connectivity index (χ1n) is 9.70. The smallest absolute Gasteiger partial charge is 0.470 e. The van der Waals surface area contributed by atoms with Gasteiger partial charge >= 0.3 is 13.8 Å². The average molecular weight is 532 g/mol. The zero-order valence-corrected chi connectivity index (χ0v) is 21.0. The van der Waals surface area contributed by atoms with Gasteiger partial charge < -0.3 is 33.5 Å². The van der Waals surface area contributed by atoms with Crippen molar-refractivity contribution >= 4 is 29.7 Å². The van der Waals surface area contributed by atoms with Gasteiger partial charge in [0.15, 0.2) is 27.9 Å². The Balaban J connectivity index is 2.26. The maximum Gasteiger partial charge on any atom is 0.470 e. The normalized spacial score (nSPS) is 11.8. The van der Waals surface area contributed by atoms with Gasteiger partial charge in [0.2, 0.25) is 0 Å². The lowest BCUT2D eigenvalue weighted by molar-refractivity contribution is -0.137. The summed E-state index contributed by atoms with van der Waals surface area (Å²) in [6.07, 6.45) is 1.33. The van der Waals surface area contributed by atoms with Crippen molar-refractivity contribution in [3.63, 3.8) is 0 Å². The van der Waals surface area contributed by atoms with E-state index in [0.717, 1.165) is 5.41 Å². The minimum atomic E-state index is -4.87. The summed E-state index contributed by atoms with van der Waals surface area (Å²) >= 11 is 0. The van der Waals surface area contributed by atoms with Gasteiger partial charge in [0, 0.05) is 17.5 Å². The topological polar surface area (TPSA) is 164 Å². The van der Waals surface area contributed by atoms with E-state index in [2.05, 4.69) is 4.52 Å². The van der Waals surface area contributed by atoms with Crippen LogP contribution in [0, 0.1) is 0 Å². The molecule has 0 aliphatic carbocycles. The Hall–Kier alpha value is -3.09. The van der Waals surface area contributed by atoms with Gasteiger partial charge in [0.05, 0.1) is 39.8 Å². The molecule has 12 nitrogen and oxygen atoms in total. The van der Waals surface area contributed by atoms with Crippen LogP contribution in [0.2, 0.25) is 0 Å². The molecule has 0 atom stereocenters. The van der Waals surface area contributed by atoms with Crippen molar-refractivity contribution in [2.24, 2.45) is 0 Å². The molecule has 0 radical (unpaired) electrons. The second kappa shape index (κ2) is 12.0. The van der Waals surface area contributed by atoms with E-state index in [-0.39, 0.29) is 17.1 Å². The first-order valence-corrected chi connectivity index (χ1v) is 12.9. The molecule has 0 unspecified atom stereocenters. The van der Waals surface area contributed by atoms with Gasteiger partial charge in [0.25, 0.3) is 0 Å². The van der Waals surface area contributed by atoms with Crippen LogP contribution in [-0.4, -0.2) is 59.2 Å². The van der Waals surface area contributed by atoms with Gasteiger partial charge in [-0.1, -0.05) is 6.07 Å². The predicted molar refractivity (Wildman–Crippen MR) is 124 cm³/mol. The molecule has 14 heteroatoms. The van der Waals surface area contributed by atoms with Crippen LogP contribution in [0.25, 0.3) is 6.08 Å². The lowest BCUT2D eigenvalue weighted by Gasteiger charge is -2.13. The molecule has 2 rings (SSSR count). The quantitative estimate of drug-likeness (QED) is 0.233. The Morgan fingerprint density at radius 3 is 2.03 bits per heavy atom. The maximum absolute atomic E-state index is 12.8. The van der Waals surface area contributed by atoms with Gasteiger partial charge in [0.1, 0.15) is 17.2 Å². The molecule has 2 aromatic carbocycles. The summed E-state index contributed by atoms with van der Waals surface area (Å²) in [6.45, 7) is -1.02. The molecule has 192 valence electrons. The number of carbonyl (C=O) groups is 1. The monoisotopic (exact) mass is 532 g/mol. The predicted octanol–water partition coefficient (Wildman–Crippen LogP) is 2.32. The van der Waals surface area contributed by atoms with Crippen molar-refractivity contribution in [1.82, 2.24) is 0 Å². The highest BCUT2D eigenvalue weighted by atomic mass is 32.2. The first-order chi connectivity index (χ1) is 16.4. The Labute approximate surface area is 202 Å². The van der Waals surface area contributed by atoms with E-state index in [1.165, 1.54) is 52.7 Å². The summed E-state index contributed by atoms with van der Waals surface area (Å²) < 4.78 is 66.2. The number of hydrogen-bond donors (Lipinski definition) is 2. The fourth-order valence-corrected chi connectivity index (χ4v) is 4.19. The zero-order chi connectivity index (χ0) is 26.2. The second-order valence-electron chi connectivity index (χ2n) is 6.78. The number of phosphoric acid groups is 1. The highest BCUT2D eigenvalue weighted by Crippen LogP contribution is 2.37. The van der Waals surface area contributed by atoms with Crippen LogP contribution in [0.1, 0.15) is 11.1 Å². The molecular weight excluding hydrogens is 507 g/mol. The van der Waals surface area contributed by atoms with Crippen molar-refractivity contribution in [3.8, 4) is 28.7 Å². The minimum absolute atomic E-state index is 0.0962. The molecule has 35 heavy (non-hydrogen) atoms. The van der Waals surface area contributed by atoms with Crippen LogP contribution in [0.4, 0.5) is 0 Å². The molecule has 2 N–H and O–H groups in total. The van der Waals surface area contributed by atoms with Crippen molar-refractivity contribution in [2.75, 3.05) is 35.0 Å². The summed E-state index contributed by atoms with van der Waals surface area (Å²) in [5.74, 6) is -0.498. The number of sulfone groups is 1. The summed E-state index contributed by atoms with van der Waals surface area (Å²) in [5, 5.41) is 0.990. The molecule has 0 spiro atoms. The van der Waals surface area contributed by atoms with Crippen LogP contribution in [0.15, 0.2) is 35.7 Å². The standard InChI is InChI=1S/C21H25O12PS/c1-28-15-10-18(30-3)16(19(11-15)31-4)7-8-35(26,27)13-14-5-6-17(29-2)20(9-14)33-21(22)12-32-34(23,24)25/h5-11H,12-13H2,1-4H3,(H2,23,24,25)/b8-7+. The number of ether oxygens (including phenoxy) is 5.